The van der Waals surface area contributed by atoms with Crippen LogP contribution in [0.2, 0.25) is 0 Å². The summed E-state index contributed by atoms with van der Waals surface area (Å²) in [5.41, 5.74) is 1.97. The van der Waals surface area contributed by atoms with E-state index in [1.54, 1.807) is 12.1 Å². The third-order valence-corrected chi connectivity index (χ3v) is 6.14. The van der Waals surface area contributed by atoms with E-state index in [2.05, 4.69) is 18.7 Å². The highest BCUT2D eigenvalue weighted by Crippen LogP contribution is 2.30. The van der Waals surface area contributed by atoms with Crippen LogP contribution < -0.4 is 5.63 Å². The van der Waals surface area contributed by atoms with Gasteiger partial charge in [0.1, 0.15) is 11.3 Å². The molecule has 0 bridgehead atoms. The van der Waals surface area contributed by atoms with Gasteiger partial charge in [-0.25, -0.2) is 4.79 Å². The highest BCUT2D eigenvalue weighted by atomic mass is 32.2. The van der Waals surface area contributed by atoms with Gasteiger partial charge in [-0.2, -0.15) is 11.8 Å². The summed E-state index contributed by atoms with van der Waals surface area (Å²) >= 11 is 2.00. The predicted octanol–water partition coefficient (Wildman–Crippen LogP) is 3.39. The number of hydrogen-bond acceptors (Lipinski definition) is 5. The van der Waals surface area contributed by atoms with Crippen molar-refractivity contribution in [2.45, 2.75) is 45.0 Å². The van der Waals surface area contributed by atoms with Crippen molar-refractivity contribution in [3.05, 3.63) is 39.7 Å². The van der Waals surface area contributed by atoms with E-state index in [1.165, 1.54) is 0 Å². The summed E-state index contributed by atoms with van der Waals surface area (Å²) in [6.07, 6.45) is 0.744. The highest BCUT2D eigenvalue weighted by molar-refractivity contribution is 8.00. The molecule has 0 aliphatic carbocycles. The molecule has 0 spiro atoms. The quantitative estimate of drug-likeness (QED) is 0.873. The fourth-order valence-electron chi connectivity index (χ4n) is 3.16. The Hall–Kier alpha value is -1.46. The molecule has 1 aromatic carbocycles. The van der Waals surface area contributed by atoms with Crippen molar-refractivity contribution in [3.8, 4) is 5.75 Å². The summed E-state index contributed by atoms with van der Waals surface area (Å²) in [6, 6.07) is 5.59. The molecule has 0 saturated carbocycles. The Kier molecular flexibility index (Phi) is 4.69. The molecule has 2 heterocycles. The van der Waals surface area contributed by atoms with E-state index in [4.69, 9.17) is 4.42 Å². The lowest BCUT2D eigenvalue weighted by atomic mass is 10.0. The summed E-state index contributed by atoms with van der Waals surface area (Å²) < 4.78 is 5.28. The second kappa shape index (κ2) is 6.57. The Morgan fingerprint density at radius 3 is 2.83 bits per heavy atom. The molecular formula is C18H23NO3S. The van der Waals surface area contributed by atoms with E-state index >= 15 is 0 Å². The zero-order valence-electron chi connectivity index (χ0n) is 13.8. The number of phenolic OH excluding ortho intramolecular Hbond substituents is 1. The van der Waals surface area contributed by atoms with E-state index in [-0.39, 0.29) is 11.4 Å². The molecule has 1 fully saturated rings. The Labute approximate surface area is 140 Å². The largest absolute Gasteiger partial charge is 0.508 e. The number of thioether (sulfide) groups is 1. The summed E-state index contributed by atoms with van der Waals surface area (Å²) in [6.45, 7) is 8.27. The summed E-state index contributed by atoms with van der Waals surface area (Å²) in [5.74, 6) is 1.31. The summed E-state index contributed by atoms with van der Waals surface area (Å²) in [5, 5.41) is 11.5. The van der Waals surface area contributed by atoms with Crippen molar-refractivity contribution >= 4 is 22.7 Å². The van der Waals surface area contributed by atoms with Gasteiger partial charge in [-0.15, -0.1) is 0 Å². The van der Waals surface area contributed by atoms with Crippen molar-refractivity contribution in [2.75, 3.05) is 12.3 Å². The van der Waals surface area contributed by atoms with Gasteiger partial charge in [-0.3, -0.25) is 4.90 Å². The van der Waals surface area contributed by atoms with Gasteiger partial charge in [0.25, 0.3) is 0 Å². The molecule has 1 N–H and O–H groups in total. The average Bonchev–Trinajstić information content (AvgIpc) is 2.51. The van der Waals surface area contributed by atoms with Crippen LogP contribution in [0.5, 0.6) is 5.75 Å². The standard InChI is InChI=1S/C18H23NO3S/c1-4-13-7-15-14(8-18(21)22-17(15)9-16(13)20)10-19-5-6-23-12(3)11(19)2/h7-9,11-12,20H,4-6,10H2,1-3H3. The SMILES string of the molecule is CCc1cc2c(CN3CCSC(C)C3C)cc(=O)oc2cc1O. The Morgan fingerprint density at radius 2 is 2.09 bits per heavy atom. The summed E-state index contributed by atoms with van der Waals surface area (Å²) in [4.78, 5) is 14.3. The molecule has 0 amide bonds. The van der Waals surface area contributed by atoms with Gasteiger partial charge in [-0.05, 0) is 30.5 Å². The summed E-state index contributed by atoms with van der Waals surface area (Å²) in [7, 11) is 0. The molecule has 5 heteroatoms. The van der Waals surface area contributed by atoms with Crippen molar-refractivity contribution in [3.63, 3.8) is 0 Å². The maximum absolute atomic E-state index is 11.9. The maximum atomic E-state index is 11.9. The molecule has 3 rings (SSSR count). The topological polar surface area (TPSA) is 53.7 Å². The zero-order valence-corrected chi connectivity index (χ0v) is 14.7. The highest BCUT2D eigenvalue weighted by Gasteiger charge is 2.25. The number of hydrogen-bond donors (Lipinski definition) is 1. The number of fused-ring (bicyclic) bond motifs is 1. The number of aromatic hydroxyl groups is 1. The number of rotatable bonds is 3. The van der Waals surface area contributed by atoms with Gasteiger partial charge in [0.2, 0.25) is 0 Å². The smallest absolute Gasteiger partial charge is 0.336 e. The first kappa shape index (κ1) is 16.4. The van der Waals surface area contributed by atoms with Crippen LogP contribution in [0, 0.1) is 0 Å². The molecule has 0 radical (unpaired) electrons. The van der Waals surface area contributed by atoms with Gasteiger partial charge >= 0.3 is 5.63 Å². The molecule has 2 unspecified atom stereocenters. The van der Waals surface area contributed by atoms with Gasteiger partial charge in [0.05, 0.1) is 0 Å². The average molecular weight is 333 g/mol. The fraction of sp³-hybridized carbons (Fsp3) is 0.500. The first-order chi connectivity index (χ1) is 11.0. The molecule has 124 valence electrons. The molecule has 2 aromatic rings. The second-order valence-electron chi connectivity index (χ2n) is 6.21. The van der Waals surface area contributed by atoms with Crippen molar-refractivity contribution in [1.82, 2.24) is 4.90 Å². The number of phenols is 1. The third-order valence-electron chi connectivity index (χ3n) is 4.80. The first-order valence-corrected chi connectivity index (χ1v) is 9.18. The van der Waals surface area contributed by atoms with E-state index in [0.717, 1.165) is 41.8 Å². The molecule has 1 saturated heterocycles. The van der Waals surface area contributed by atoms with Gasteiger partial charge < -0.3 is 9.52 Å². The molecule has 23 heavy (non-hydrogen) atoms. The number of nitrogens with zero attached hydrogens (tertiary/aromatic N) is 1. The van der Waals surface area contributed by atoms with Gasteiger partial charge in [0.15, 0.2) is 0 Å². The van der Waals surface area contributed by atoms with Crippen LogP contribution in [0.15, 0.2) is 27.4 Å². The van der Waals surface area contributed by atoms with Crippen LogP contribution in [-0.4, -0.2) is 33.6 Å². The van der Waals surface area contributed by atoms with Crippen molar-refractivity contribution < 1.29 is 9.52 Å². The van der Waals surface area contributed by atoms with E-state index < -0.39 is 0 Å². The zero-order chi connectivity index (χ0) is 16.6. The molecule has 4 nitrogen and oxygen atoms in total. The van der Waals surface area contributed by atoms with Crippen molar-refractivity contribution in [1.29, 1.82) is 0 Å². The Bertz CT molecular complexity index is 771. The molecular weight excluding hydrogens is 310 g/mol. The predicted molar refractivity (Wildman–Crippen MR) is 95.3 cm³/mol. The van der Waals surface area contributed by atoms with Crippen LogP contribution in [0.1, 0.15) is 31.9 Å². The second-order valence-corrected chi connectivity index (χ2v) is 7.69. The third kappa shape index (κ3) is 3.26. The molecule has 1 aliphatic rings. The minimum atomic E-state index is -0.358. The lowest BCUT2D eigenvalue weighted by molar-refractivity contribution is 0.205. The van der Waals surface area contributed by atoms with Gasteiger partial charge in [-0.1, -0.05) is 13.8 Å². The lowest BCUT2D eigenvalue weighted by Gasteiger charge is -2.37. The molecule has 1 aliphatic heterocycles. The molecule has 1 aromatic heterocycles. The number of aryl methyl sites for hydroxylation is 1. The number of benzene rings is 1. The first-order valence-electron chi connectivity index (χ1n) is 8.14. The lowest BCUT2D eigenvalue weighted by Crippen LogP contribution is -2.44. The van der Waals surface area contributed by atoms with Crippen LogP contribution in [-0.2, 0) is 13.0 Å². The Balaban J connectivity index is 2.04. The van der Waals surface area contributed by atoms with Crippen LogP contribution in [0.4, 0.5) is 0 Å². The maximum Gasteiger partial charge on any atom is 0.336 e. The normalized spacial score (nSPS) is 22.6. The fourth-order valence-corrected chi connectivity index (χ4v) is 4.32. The van der Waals surface area contributed by atoms with E-state index in [1.807, 2.05) is 24.8 Å². The van der Waals surface area contributed by atoms with Gasteiger partial charge in [0, 0.05) is 47.7 Å². The van der Waals surface area contributed by atoms with E-state index in [9.17, 15) is 9.90 Å². The van der Waals surface area contributed by atoms with E-state index in [0.29, 0.717) is 16.9 Å². The minimum absolute atomic E-state index is 0.191. The van der Waals surface area contributed by atoms with Crippen LogP contribution in [0.25, 0.3) is 11.0 Å². The van der Waals surface area contributed by atoms with Crippen molar-refractivity contribution in [2.24, 2.45) is 0 Å². The molecule has 2 atom stereocenters. The monoisotopic (exact) mass is 333 g/mol. The van der Waals surface area contributed by atoms with Crippen LogP contribution >= 0.6 is 11.8 Å². The minimum Gasteiger partial charge on any atom is -0.508 e. The van der Waals surface area contributed by atoms with Crippen LogP contribution in [0.3, 0.4) is 0 Å². The Morgan fingerprint density at radius 1 is 1.30 bits per heavy atom.